The fraction of sp³-hybridized carbons (Fsp3) is 0.188. The summed E-state index contributed by atoms with van der Waals surface area (Å²) >= 11 is 0. The fourth-order valence-corrected chi connectivity index (χ4v) is 1.68. The maximum atomic E-state index is 13.0. The third kappa shape index (κ3) is 3.82. The second-order valence-electron chi connectivity index (χ2n) is 4.57. The molecule has 0 aliphatic carbocycles. The average molecular weight is 273 g/mol. The second kappa shape index (κ2) is 6.19. The molecule has 0 saturated heterocycles. The number of amides is 1. The summed E-state index contributed by atoms with van der Waals surface area (Å²) in [7, 11) is 0. The molecule has 0 bridgehead atoms. The normalized spacial score (nSPS) is 11.8. The Morgan fingerprint density at radius 1 is 1.20 bits per heavy atom. The summed E-state index contributed by atoms with van der Waals surface area (Å²) in [6.45, 7) is 3.62. The largest absolute Gasteiger partial charge is 0.481 e. The van der Waals surface area contributed by atoms with Crippen LogP contribution in [-0.4, -0.2) is 12.0 Å². The Balaban J connectivity index is 1.96. The molecule has 104 valence electrons. The van der Waals surface area contributed by atoms with E-state index in [2.05, 4.69) is 5.32 Å². The molecule has 4 heteroatoms. The number of anilines is 1. The highest BCUT2D eigenvalue weighted by atomic mass is 19.1. The van der Waals surface area contributed by atoms with Crippen molar-refractivity contribution in [3.63, 3.8) is 0 Å². The summed E-state index contributed by atoms with van der Waals surface area (Å²) in [6.07, 6.45) is -0.666. The smallest absolute Gasteiger partial charge is 0.265 e. The van der Waals surface area contributed by atoms with Crippen LogP contribution in [0.4, 0.5) is 10.1 Å². The summed E-state index contributed by atoms with van der Waals surface area (Å²) in [5.74, 6) is -0.0939. The fourth-order valence-electron chi connectivity index (χ4n) is 1.68. The van der Waals surface area contributed by atoms with Crippen molar-refractivity contribution in [2.75, 3.05) is 5.32 Å². The Kier molecular flexibility index (Phi) is 4.35. The van der Waals surface area contributed by atoms with Crippen molar-refractivity contribution in [3.8, 4) is 5.75 Å². The molecule has 3 nitrogen and oxygen atoms in total. The molecule has 2 rings (SSSR count). The molecule has 1 N–H and O–H groups in total. The predicted molar refractivity (Wildman–Crippen MR) is 76.3 cm³/mol. The van der Waals surface area contributed by atoms with Gasteiger partial charge in [0.1, 0.15) is 11.6 Å². The highest BCUT2D eigenvalue weighted by Crippen LogP contribution is 2.15. The van der Waals surface area contributed by atoms with Gasteiger partial charge >= 0.3 is 0 Å². The average Bonchev–Trinajstić information content (AvgIpc) is 2.41. The molecule has 0 radical (unpaired) electrons. The molecule has 0 fully saturated rings. The number of aryl methyl sites for hydroxylation is 1. The maximum absolute atomic E-state index is 13.0. The molecule has 2 aromatic rings. The van der Waals surface area contributed by atoms with Crippen LogP contribution in [0.15, 0.2) is 48.5 Å². The number of carbonyl (C=O) groups excluding carboxylic acids is 1. The van der Waals surface area contributed by atoms with Crippen LogP contribution >= 0.6 is 0 Å². The zero-order valence-electron chi connectivity index (χ0n) is 11.4. The topological polar surface area (TPSA) is 38.3 Å². The summed E-state index contributed by atoms with van der Waals surface area (Å²) in [4.78, 5) is 11.9. The molecule has 0 saturated carbocycles. The van der Waals surface area contributed by atoms with E-state index in [9.17, 15) is 9.18 Å². The van der Waals surface area contributed by atoms with Gasteiger partial charge < -0.3 is 10.1 Å². The van der Waals surface area contributed by atoms with Crippen LogP contribution in [0.3, 0.4) is 0 Å². The maximum Gasteiger partial charge on any atom is 0.265 e. The summed E-state index contributed by atoms with van der Waals surface area (Å²) in [6, 6.07) is 13.2. The van der Waals surface area contributed by atoms with Gasteiger partial charge in [-0.1, -0.05) is 23.8 Å². The molecule has 2 aromatic carbocycles. The quantitative estimate of drug-likeness (QED) is 0.925. The van der Waals surface area contributed by atoms with Crippen molar-refractivity contribution in [3.05, 3.63) is 59.9 Å². The van der Waals surface area contributed by atoms with Crippen molar-refractivity contribution >= 4 is 11.6 Å². The lowest BCUT2D eigenvalue weighted by Crippen LogP contribution is -2.30. The summed E-state index contributed by atoms with van der Waals surface area (Å²) in [5, 5.41) is 2.61. The van der Waals surface area contributed by atoms with Crippen molar-refractivity contribution in [2.24, 2.45) is 0 Å². The first-order valence-corrected chi connectivity index (χ1v) is 6.34. The first-order chi connectivity index (χ1) is 9.54. The third-order valence-corrected chi connectivity index (χ3v) is 2.80. The molecular formula is C16H16FNO2. The van der Waals surface area contributed by atoms with Crippen molar-refractivity contribution in [2.45, 2.75) is 20.0 Å². The minimum Gasteiger partial charge on any atom is -0.481 e. The van der Waals surface area contributed by atoms with Gasteiger partial charge in [-0.25, -0.2) is 4.39 Å². The Morgan fingerprint density at radius 2 is 1.90 bits per heavy atom. The second-order valence-corrected chi connectivity index (χ2v) is 4.57. The van der Waals surface area contributed by atoms with Gasteiger partial charge in [-0.05, 0) is 44.2 Å². The van der Waals surface area contributed by atoms with E-state index in [0.717, 1.165) is 5.56 Å². The molecule has 20 heavy (non-hydrogen) atoms. The number of benzene rings is 2. The van der Waals surface area contributed by atoms with E-state index >= 15 is 0 Å². The number of ether oxygens (including phenoxy) is 1. The molecular weight excluding hydrogens is 257 g/mol. The number of rotatable bonds is 4. The van der Waals surface area contributed by atoms with Gasteiger partial charge in [0.25, 0.3) is 5.91 Å². The molecule has 1 amide bonds. The van der Waals surface area contributed by atoms with E-state index in [1.54, 1.807) is 25.1 Å². The molecule has 1 atom stereocenters. The predicted octanol–water partition coefficient (Wildman–Crippen LogP) is 3.54. The first kappa shape index (κ1) is 14.1. The number of hydrogen-bond donors (Lipinski definition) is 1. The van der Waals surface area contributed by atoms with E-state index in [1.807, 2.05) is 19.1 Å². The lowest BCUT2D eigenvalue weighted by atomic mass is 10.2. The lowest BCUT2D eigenvalue weighted by molar-refractivity contribution is -0.122. The molecule has 0 heterocycles. The molecule has 0 aromatic heterocycles. The number of nitrogens with one attached hydrogen (secondary N) is 1. The van der Waals surface area contributed by atoms with Gasteiger partial charge in [-0.3, -0.25) is 4.79 Å². The van der Waals surface area contributed by atoms with E-state index in [1.165, 1.54) is 18.2 Å². The van der Waals surface area contributed by atoms with Crippen LogP contribution in [0.1, 0.15) is 12.5 Å². The van der Waals surface area contributed by atoms with Crippen LogP contribution in [0.25, 0.3) is 0 Å². The number of hydrogen-bond acceptors (Lipinski definition) is 2. The molecule has 0 unspecified atom stereocenters. The highest BCUT2D eigenvalue weighted by molar-refractivity contribution is 5.94. The van der Waals surface area contributed by atoms with Gasteiger partial charge in [0.05, 0.1) is 0 Å². The van der Waals surface area contributed by atoms with E-state index in [-0.39, 0.29) is 5.91 Å². The van der Waals surface area contributed by atoms with Crippen molar-refractivity contribution in [1.82, 2.24) is 0 Å². The Labute approximate surface area is 117 Å². The van der Waals surface area contributed by atoms with Gasteiger partial charge in [-0.2, -0.15) is 0 Å². The molecule has 0 aliphatic heterocycles. The van der Waals surface area contributed by atoms with Crippen LogP contribution in [0.2, 0.25) is 0 Å². The Morgan fingerprint density at radius 3 is 2.55 bits per heavy atom. The lowest BCUT2D eigenvalue weighted by Gasteiger charge is -2.14. The van der Waals surface area contributed by atoms with Crippen LogP contribution in [0.5, 0.6) is 5.75 Å². The SMILES string of the molecule is Cc1ccc(O[C@@H](C)C(=O)Nc2cccc(F)c2)cc1. The van der Waals surface area contributed by atoms with Crippen LogP contribution in [-0.2, 0) is 4.79 Å². The van der Waals surface area contributed by atoms with Crippen molar-refractivity contribution < 1.29 is 13.9 Å². The minimum absolute atomic E-state index is 0.323. The van der Waals surface area contributed by atoms with Gasteiger partial charge in [0.2, 0.25) is 0 Å². The summed E-state index contributed by atoms with van der Waals surface area (Å²) in [5.41, 5.74) is 1.53. The van der Waals surface area contributed by atoms with Crippen LogP contribution < -0.4 is 10.1 Å². The minimum atomic E-state index is -0.666. The first-order valence-electron chi connectivity index (χ1n) is 6.34. The van der Waals surface area contributed by atoms with E-state index in [4.69, 9.17) is 4.74 Å². The third-order valence-electron chi connectivity index (χ3n) is 2.80. The van der Waals surface area contributed by atoms with Crippen molar-refractivity contribution in [1.29, 1.82) is 0 Å². The van der Waals surface area contributed by atoms with E-state index < -0.39 is 11.9 Å². The van der Waals surface area contributed by atoms with Gasteiger partial charge in [0.15, 0.2) is 6.10 Å². The zero-order valence-corrected chi connectivity index (χ0v) is 11.4. The zero-order chi connectivity index (χ0) is 14.5. The number of carbonyl (C=O) groups is 1. The monoisotopic (exact) mass is 273 g/mol. The van der Waals surface area contributed by atoms with Gasteiger partial charge in [-0.15, -0.1) is 0 Å². The molecule has 0 spiro atoms. The molecule has 0 aliphatic rings. The Hall–Kier alpha value is -2.36. The summed E-state index contributed by atoms with van der Waals surface area (Å²) < 4.78 is 18.5. The van der Waals surface area contributed by atoms with Crippen LogP contribution in [0, 0.1) is 12.7 Å². The van der Waals surface area contributed by atoms with E-state index in [0.29, 0.717) is 11.4 Å². The number of halogens is 1. The standard InChI is InChI=1S/C16H16FNO2/c1-11-6-8-15(9-7-11)20-12(2)16(19)18-14-5-3-4-13(17)10-14/h3-10,12H,1-2H3,(H,18,19)/t12-/m0/s1. The Bertz CT molecular complexity index is 596. The highest BCUT2D eigenvalue weighted by Gasteiger charge is 2.14. The van der Waals surface area contributed by atoms with Gasteiger partial charge in [0, 0.05) is 5.69 Å².